The standard InChI is InChI=1S/C24H25FN4O3/c1-15-2-4-17-19(26-15)6-5-18(25)24(17)29-10-8-28(9-11-29)13-21(30)16-3-7-22-20(12-16)27-23(31)14-32-22/h2-7,12,21,30H,8-11,13-14H2,1H3,(H,27,31). The van der Waals surface area contributed by atoms with E-state index in [1.807, 2.05) is 25.1 Å². The molecule has 3 heterocycles. The molecule has 2 aliphatic heterocycles. The van der Waals surface area contributed by atoms with Crippen LogP contribution in [0.4, 0.5) is 15.8 Å². The average molecular weight is 436 g/mol. The summed E-state index contributed by atoms with van der Waals surface area (Å²) in [5, 5.41) is 14.3. The number of aliphatic hydroxyl groups excluding tert-OH is 1. The summed E-state index contributed by atoms with van der Waals surface area (Å²) in [7, 11) is 0. The number of aryl methyl sites for hydroxylation is 1. The van der Waals surface area contributed by atoms with Crippen LogP contribution in [0.5, 0.6) is 5.75 Å². The van der Waals surface area contributed by atoms with E-state index >= 15 is 0 Å². The second kappa shape index (κ2) is 8.37. The summed E-state index contributed by atoms with van der Waals surface area (Å²) in [6, 6.07) is 12.4. The average Bonchev–Trinajstić information content (AvgIpc) is 2.79. The van der Waals surface area contributed by atoms with E-state index in [0.717, 1.165) is 22.2 Å². The van der Waals surface area contributed by atoms with Gasteiger partial charge in [0.2, 0.25) is 0 Å². The fourth-order valence-electron chi connectivity index (χ4n) is 4.40. The van der Waals surface area contributed by atoms with E-state index in [2.05, 4.69) is 20.1 Å². The number of rotatable bonds is 4. The second-order valence-corrected chi connectivity index (χ2v) is 8.31. The summed E-state index contributed by atoms with van der Waals surface area (Å²) in [4.78, 5) is 20.3. The lowest BCUT2D eigenvalue weighted by Gasteiger charge is -2.37. The number of nitrogens with zero attached hydrogens (tertiary/aromatic N) is 3. The molecule has 1 amide bonds. The molecule has 1 aromatic heterocycles. The number of anilines is 2. The van der Waals surface area contributed by atoms with Crippen LogP contribution in [-0.2, 0) is 4.79 Å². The zero-order valence-electron chi connectivity index (χ0n) is 17.8. The Morgan fingerprint density at radius 1 is 1.16 bits per heavy atom. The number of carbonyl (C=O) groups is 1. The summed E-state index contributed by atoms with van der Waals surface area (Å²) >= 11 is 0. The van der Waals surface area contributed by atoms with Crippen molar-refractivity contribution in [3.05, 3.63) is 59.5 Å². The molecule has 2 aromatic carbocycles. The molecule has 0 radical (unpaired) electrons. The van der Waals surface area contributed by atoms with Gasteiger partial charge in [-0.2, -0.15) is 0 Å². The van der Waals surface area contributed by atoms with Crippen molar-refractivity contribution in [2.24, 2.45) is 0 Å². The Morgan fingerprint density at radius 3 is 2.78 bits per heavy atom. The minimum atomic E-state index is -0.702. The van der Waals surface area contributed by atoms with Crippen molar-refractivity contribution in [1.29, 1.82) is 0 Å². The number of piperazine rings is 1. The number of ether oxygens (including phenoxy) is 1. The first-order chi connectivity index (χ1) is 15.5. The fraction of sp³-hybridized carbons (Fsp3) is 0.333. The van der Waals surface area contributed by atoms with Crippen LogP contribution in [0, 0.1) is 12.7 Å². The van der Waals surface area contributed by atoms with E-state index < -0.39 is 6.10 Å². The molecule has 32 heavy (non-hydrogen) atoms. The predicted octanol–water partition coefficient (Wildman–Crippen LogP) is 2.87. The lowest BCUT2D eigenvalue weighted by Crippen LogP contribution is -2.47. The molecular weight excluding hydrogens is 411 g/mol. The quantitative estimate of drug-likeness (QED) is 0.655. The van der Waals surface area contributed by atoms with E-state index in [0.29, 0.717) is 49.8 Å². The first-order valence-electron chi connectivity index (χ1n) is 10.8. The molecule has 1 fully saturated rings. The van der Waals surface area contributed by atoms with Gasteiger partial charge in [-0.05, 0) is 48.9 Å². The molecule has 8 heteroatoms. The molecule has 1 unspecified atom stereocenters. The van der Waals surface area contributed by atoms with E-state index in [1.165, 1.54) is 6.07 Å². The highest BCUT2D eigenvalue weighted by atomic mass is 19.1. The van der Waals surface area contributed by atoms with Gasteiger partial charge in [0.15, 0.2) is 6.61 Å². The number of hydrogen-bond acceptors (Lipinski definition) is 6. The lowest BCUT2D eigenvalue weighted by molar-refractivity contribution is -0.118. The lowest BCUT2D eigenvalue weighted by atomic mass is 10.1. The van der Waals surface area contributed by atoms with Crippen molar-refractivity contribution in [3.63, 3.8) is 0 Å². The van der Waals surface area contributed by atoms with Crippen LogP contribution in [0.15, 0.2) is 42.5 Å². The number of nitrogens with one attached hydrogen (secondary N) is 1. The zero-order chi connectivity index (χ0) is 22.2. The fourth-order valence-corrected chi connectivity index (χ4v) is 4.40. The highest BCUT2D eigenvalue weighted by molar-refractivity contribution is 5.95. The van der Waals surface area contributed by atoms with Crippen molar-refractivity contribution in [3.8, 4) is 5.75 Å². The monoisotopic (exact) mass is 436 g/mol. The largest absolute Gasteiger partial charge is 0.482 e. The maximum Gasteiger partial charge on any atom is 0.262 e. The van der Waals surface area contributed by atoms with Crippen LogP contribution in [0.3, 0.4) is 0 Å². The molecule has 5 rings (SSSR count). The van der Waals surface area contributed by atoms with Gasteiger partial charge < -0.3 is 20.1 Å². The molecule has 2 aliphatic rings. The Kier molecular flexibility index (Phi) is 5.40. The van der Waals surface area contributed by atoms with Crippen LogP contribution in [0.2, 0.25) is 0 Å². The minimum Gasteiger partial charge on any atom is -0.482 e. The Balaban J connectivity index is 1.26. The molecule has 1 atom stereocenters. The van der Waals surface area contributed by atoms with Gasteiger partial charge in [0.05, 0.1) is 23.0 Å². The van der Waals surface area contributed by atoms with Gasteiger partial charge in [-0.15, -0.1) is 0 Å². The summed E-state index contributed by atoms with van der Waals surface area (Å²) in [5.74, 6) is 0.164. The maximum atomic E-state index is 14.7. The molecule has 166 valence electrons. The van der Waals surface area contributed by atoms with Gasteiger partial charge in [-0.3, -0.25) is 14.7 Å². The molecular formula is C24H25FN4O3. The molecule has 7 nitrogen and oxygen atoms in total. The number of pyridine rings is 1. The van der Waals surface area contributed by atoms with Gasteiger partial charge in [0, 0.05) is 43.8 Å². The van der Waals surface area contributed by atoms with Crippen molar-refractivity contribution in [2.75, 3.05) is 49.5 Å². The number of aromatic nitrogens is 1. The number of β-amino-alcohol motifs (C(OH)–C–C–N with tert-alkyl or cyclic N) is 1. The molecule has 1 saturated heterocycles. The third-order valence-corrected chi connectivity index (χ3v) is 6.07. The Bertz CT molecular complexity index is 1180. The Morgan fingerprint density at radius 2 is 1.97 bits per heavy atom. The molecule has 0 bridgehead atoms. The van der Waals surface area contributed by atoms with Crippen molar-refractivity contribution in [2.45, 2.75) is 13.0 Å². The normalized spacial score (nSPS) is 17.6. The number of amides is 1. The summed E-state index contributed by atoms with van der Waals surface area (Å²) in [6.45, 7) is 5.12. The number of aliphatic hydroxyl groups is 1. The van der Waals surface area contributed by atoms with Gasteiger partial charge in [-0.1, -0.05) is 6.07 Å². The number of halogens is 1. The summed E-state index contributed by atoms with van der Waals surface area (Å²) < 4.78 is 20.1. The zero-order valence-corrected chi connectivity index (χ0v) is 17.8. The Hall–Kier alpha value is -3.23. The van der Waals surface area contributed by atoms with Crippen LogP contribution < -0.4 is 15.0 Å². The first-order valence-corrected chi connectivity index (χ1v) is 10.8. The Labute approximate surface area is 185 Å². The third-order valence-electron chi connectivity index (χ3n) is 6.07. The van der Waals surface area contributed by atoms with Crippen molar-refractivity contribution in [1.82, 2.24) is 9.88 Å². The van der Waals surface area contributed by atoms with Gasteiger partial charge in [0.25, 0.3) is 5.91 Å². The van der Waals surface area contributed by atoms with E-state index in [1.54, 1.807) is 18.2 Å². The van der Waals surface area contributed by atoms with Crippen LogP contribution in [0.1, 0.15) is 17.4 Å². The highest BCUT2D eigenvalue weighted by Crippen LogP contribution is 2.32. The molecule has 0 spiro atoms. The van der Waals surface area contributed by atoms with Crippen LogP contribution in [-0.4, -0.2) is 60.2 Å². The second-order valence-electron chi connectivity index (χ2n) is 8.31. The number of fused-ring (bicyclic) bond motifs is 2. The number of hydrogen-bond donors (Lipinski definition) is 2. The van der Waals surface area contributed by atoms with Crippen LogP contribution in [0.25, 0.3) is 10.9 Å². The predicted molar refractivity (Wildman–Crippen MR) is 121 cm³/mol. The molecule has 0 aliphatic carbocycles. The van der Waals surface area contributed by atoms with Crippen molar-refractivity contribution >= 4 is 28.2 Å². The maximum absolute atomic E-state index is 14.7. The third kappa shape index (κ3) is 3.99. The summed E-state index contributed by atoms with van der Waals surface area (Å²) in [6.07, 6.45) is -0.702. The SMILES string of the molecule is Cc1ccc2c(N3CCN(CC(O)c4ccc5c(c4)NC(=O)CO5)CC3)c(F)ccc2n1. The van der Waals surface area contributed by atoms with E-state index in [9.17, 15) is 14.3 Å². The van der Waals surface area contributed by atoms with Gasteiger partial charge in [-0.25, -0.2) is 4.39 Å². The minimum absolute atomic E-state index is 0.00609. The van der Waals surface area contributed by atoms with Gasteiger partial charge >= 0.3 is 0 Å². The first kappa shape index (κ1) is 20.7. The number of carbonyl (C=O) groups excluding carboxylic acids is 1. The molecule has 3 aromatic rings. The molecule has 0 saturated carbocycles. The molecule has 2 N–H and O–H groups in total. The van der Waals surface area contributed by atoms with E-state index in [4.69, 9.17) is 4.74 Å². The number of benzene rings is 2. The van der Waals surface area contributed by atoms with Crippen molar-refractivity contribution < 1.29 is 19.0 Å². The smallest absolute Gasteiger partial charge is 0.262 e. The summed E-state index contributed by atoms with van der Waals surface area (Å²) in [5.41, 5.74) is 3.60. The van der Waals surface area contributed by atoms with Gasteiger partial charge in [0.1, 0.15) is 11.6 Å². The topological polar surface area (TPSA) is 77.9 Å². The van der Waals surface area contributed by atoms with Crippen LogP contribution >= 0.6 is 0 Å². The van der Waals surface area contributed by atoms with E-state index in [-0.39, 0.29) is 18.3 Å². The highest BCUT2D eigenvalue weighted by Gasteiger charge is 2.24.